The van der Waals surface area contributed by atoms with Gasteiger partial charge >= 0.3 is 0 Å². The number of carbonyl (C=O) groups is 1. The molecule has 0 saturated carbocycles. The van der Waals surface area contributed by atoms with Crippen LogP contribution in [0.1, 0.15) is 31.5 Å². The lowest BCUT2D eigenvalue weighted by molar-refractivity contribution is -0.116. The highest BCUT2D eigenvalue weighted by molar-refractivity contribution is 5.90. The first-order valence-electron chi connectivity index (χ1n) is 6.96. The van der Waals surface area contributed by atoms with Gasteiger partial charge in [0.1, 0.15) is 5.69 Å². The number of pyridine rings is 1. The van der Waals surface area contributed by atoms with Crippen LogP contribution in [-0.4, -0.2) is 10.9 Å². The highest BCUT2D eigenvalue weighted by Crippen LogP contribution is 2.11. The van der Waals surface area contributed by atoms with Crippen molar-refractivity contribution in [3.8, 4) is 11.8 Å². The van der Waals surface area contributed by atoms with E-state index in [0.29, 0.717) is 12.3 Å². The summed E-state index contributed by atoms with van der Waals surface area (Å²) in [5.41, 5.74) is 2.35. The molecule has 1 heterocycles. The monoisotopic (exact) mass is 278 g/mol. The van der Waals surface area contributed by atoms with Crippen LogP contribution in [0.4, 0.5) is 5.69 Å². The molecule has 2 aromatic rings. The lowest BCUT2D eigenvalue weighted by atomic mass is 10.1. The molecule has 0 spiro atoms. The molecule has 0 radical (unpaired) electrons. The quantitative estimate of drug-likeness (QED) is 0.874. The molecular weight excluding hydrogens is 260 g/mol. The molecule has 0 aliphatic rings. The fraction of sp³-hybridized carbons (Fsp3) is 0.222. The normalized spacial score (nSPS) is 9.86. The van der Waals surface area contributed by atoms with Gasteiger partial charge in [-0.05, 0) is 42.2 Å². The molecule has 1 aromatic heterocycles. The molecule has 0 aliphatic carbocycles. The molecule has 3 heteroatoms. The molecule has 3 nitrogen and oxygen atoms in total. The molecule has 0 bridgehead atoms. The second-order valence-corrected chi connectivity index (χ2v) is 5.19. The Morgan fingerprint density at radius 3 is 2.76 bits per heavy atom. The van der Waals surface area contributed by atoms with Crippen molar-refractivity contribution in [1.29, 1.82) is 0 Å². The molecule has 0 fully saturated rings. The molecule has 0 aliphatic heterocycles. The number of anilines is 1. The zero-order valence-corrected chi connectivity index (χ0v) is 12.3. The molecule has 1 N–H and O–H groups in total. The van der Waals surface area contributed by atoms with E-state index in [4.69, 9.17) is 0 Å². The lowest BCUT2D eigenvalue weighted by Gasteiger charge is -2.07. The molecule has 0 unspecified atom stereocenters. The van der Waals surface area contributed by atoms with E-state index in [2.05, 4.69) is 22.1 Å². The molecule has 2 rings (SSSR count). The Bertz CT molecular complexity index is 666. The van der Waals surface area contributed by atoms with Gasteiger partial charge in [0.2, 0.25) is 5.91 Å². The average Bonchev–Trinajstić information content (AvgIpc) is 2.46. The van der Waals surface area contributed by atoms with Crippen molar-refractivity contribution in [2.24, 2.45) is 5.92 Å². The summed E-state index contributed by atoms with van der Waals surface area (Å²) in [5.74, 6) is 6.42. The number of hydrogen-bond donors (Lipinski definition) is 1. The van der Waals surface area contributed by atoms with E-state index in [1.54, 1.807) is 6.20 Å². The van der Waals surface area contributed by atoms with Crippen molar-refractivity contribution in [2.45, 2.75) is 20.3 Å². The molecule has 106 valence electrons. The Kier molecular flexibility index (Phi) is 5.11. The van der Waals surface area contributed by atoms with Crippen molar-refractivity contribution >= 4 is 11.6 Å². The van der Waals surface area contributed by atoms with Gasteiger partial charge in [0.25, 0.3) is 0 Å². The summed E-state index contributed by atoms with van der Waals surface area (Å²) in [5, 5.41) is 2.89. The first-order valence-corrected chi connectivity index (χ1v) is 6.96. The van der Waals surface area contributed by atoms with Gasteiger partial charge in [-0.3, -0.25) is 4.79 Å². The van der Waals surface area contributed by atoms with Crippen LogP contribution in [0, 0.1) is 17.8 Å². The number of hydrogen-bond acceptors (Lipinski definition) is 2. The average molecular weight is 278 g/mol. The topological polar surface area (TPSA) is 42.0 Å². The van der Waals surface area contributed by atoms with Crippen molar-refractivity contribution in [1.82, 2.24) is 4.98 Å². The summed E-state index contributed by atoms with van der Waals surface area (Å²) >= 11 is 0. The maximum atomic E-state index is 11.8. The minimum absolute atomic E-state index is 0.0276. The number of benzene rings is 1. The van der Waals surface area contributed by atoms with Gasteiger partial charge in [0.05, 0.1) is 0 Å². The Balaban J connectivity index is 2.08. The Labute approximate surface area is 125 Å². The van der Waals surface area contributed by atoms with Crippen molar-refractivity contribution in [3.63, 3.8) is 0 Å². The van der Waals surface area contributed by atoms with Crippen molar-refractivity contribution < 1.29 is 4.79 Å². The Morgan fingerprint density at radius 1 is 1.19 bits per heavy atom. The van der Waals surface area contributed by atoms with E-state index in [1.807, 2.05) is 56.3 Å². The predicted molar refractivity (Wildman–Crippen MR) is 84.7 cm³/mol. The van der Waals surface area contributed by atoms with Gasteiger partial charge in [0, 0.05) is 23.9 Å². The zero-order chi connectivity index (χ0) is 15.1. The van der Waals surface area contributed by atoms with Gasteiger partial charge < -0.3 is 5.32 Å². The molecule has 1 aromatic carbocycles. The SMILES string of the molecule is CC(C)CC(=O)Nc1cccc(C#Cc2ccccn2)c1. The number of nitrogens with one attached hydrogen (secondary N) is 1. The van der Waals surface area contributed by atoms with Gasteiger partial charge in [-0.25, -0.2) is 4.98 Å². The highest BCUT2D eigenvalue weighted by atomic mass is 16.1. The standard InChI is InChI=1S/C18H18N2O/c1-14(2)12-18(21)20-17-8-5-6-15(13-17)9-10-16-7-3-4-11-19-16/h3-8,11,13-14H,12H2,1-2H3,(H,20,21). The third-order valence-corrected chi connectivity index (χ3v) is 2.74. The highest BCUT2D eigenvalue weighted by Gasteiger charge is 2.05. The zero-order valence-electron chi connectivity index (χ0n) is 12.3. The Morgan fingerprint density at radius 2 is 2.05 bits per heavy atom. The fourth-order valence-electron chi connectivity index (χ4n) is 1.83. The van der Waals surface area contributed by atoms with Crippen LogP contribution in [0.3, 0.4) is 0 Å². The van der Waals surface area contributed by atoms with E-state index >= 15 is 0 Å². The fourth-order valence-corrected chi connectivity index (χ4v) is 1.83. The van der Waals surface area contributed by atoms with Crippen molar-refractivity contribution in [2.75, 3.05) is 5.32 Å². The van der Waals surface area contributed by atoms with Crippen LogP contribution < -0.4 is 5.32 Å². The van der Waals surface area contributed by atoms with E-state index in [1.165, 1.54) is 0 Å². The predicted octanol–water partition coefficient (Wildman–Crippen LogP) is 3.47. The number of amides is 1. The van der Waals surface area contributed by atoms with Gasteiger partial charge in [0.15, 0.2) is 0 Å². The second kappa shape index (κ2) is 7.25. The summed E-state index contributed by atoms with van der Waals surface area (Å²) in [6.45, 7) is 4.04. The minimum Gasteiger partial charge on any atom is -0.326 e. The Hall–Kier alpha value is -2.60. The number of nitrogens with zero attached hydrogens (tertiary/aromatic N) is 1. The van der Waals surface area contributed by atoms with Gasteiger partial charge in [-0.2, -0.15) is 0 Å². The molecule has 0 saturated heterocycles. The van der Waals surface area contributed by atoms with Crippen LogP contribution in [0.15, 0.2) is 48.7 Å². The lowest BCUT2D eigenvalue weighted by Crippen LogP contribution is -2.13. The van der Waals surface area contributed by atoms with E-state index in [-0.39, 0.29) is 5.91 Å². The second-order valence-electron chi connectivity index (χ2n) is 5.19. The summed E-state index contributed by atoms with van der Waals surface area (Å²) in [4.78, 5) is 15.9. The third-order valence-electron chi connectivity index (χ3n) is 2.74. The van der Waals surface area contributed by atoms with Crippen molar-refractivity contribution in [3.05, 3.63) is 59.9 Å². The van der Waals surface area contributed by atoms with Crippen LogP contribution in [0.25, 0.3) is 0 Å². The number of aromatic nitrogens is 1. The van der Waals surface area contributed by atoms with Crippen LogP contribution >= 0.6 is 0 Å². The molecule has 1 amide bonds. The largest absolute Gasteiger partial charge is 0.326 e. The van der Waals surface area contributed by atoms with Crippen LogP contribution in [0.2, 0.25) is 0 Å². The first kappa shape index (κ1) is 14.8. The summed E-state index contributed by atoms with van der Waals surface area (Å²) < 4.78 is 0. The smallest absolute Gasteiger partial charge is 0.224 e. The molecule has 0 atom stereocenters. The molecule has 21 heavy (non-hydrogen) atoms. The van der Waals surface area contributed by atoms with Gasteiger partial charge in [-0.1, -0.05) is 31.9 Å². The molecular formula is C18H18N2O. The maximum Gasteiger partial charge on any atom is 0.224 e. The maximum absolute atomic E-state index is 11.8. The van der Waals surface area contributed by atoms with Crippen LogP contribution in [0.5, 0.6) is 0 Å². The summed E-state index contributed by atoms with van der Waals surface area (Å²) in [6, 6.07) is 13.1. The number of rotatable bonds is 3. The van der Waals surface area contributed by atoms with E-state index in [9.17, 15) is 4.79 Å². The van der Waals surface area contributed by atoms with E-state index < -0.39 is 0 Å². The first-order chi connectivity index (χ1) is 10.1. The van der Waals surface area contributed by atoms with E-state index in [0.717, 1.165) is 16.9 Å². The summed E-state index contributed by atoms with van der Waals surface area (Å²) in [6.07, 6.45) is 2.23. The summed E-state index contributed by atoms with van der Waals surface area (Å²) in [7, 11) is 0. The minimum atomic E-state index is 0.0276. The number of carbonyl (C=O) groups excluding carboxylic acids is 1. The van der Waals surface area contributed by atoms with Crippen LogP contribution in [-0.2, 0) is 4.79 Å². The third kappa shape index (κ3) is 5.12. The van der Waals surface area contributed by atoms with Gasteiger partial charge in [-0.15, -0.1) is 0 Å².